The Morgan fingerprint density at radius 2 is 1.76 bits per heavy atom. The van der Waals surface area contributed by atoms with E-state index < -0.39 is 28.5 Å². The molecule has 2 aromatic rings. The van der Waals surface area contributed by atoms with E-state index in [9.17, 15) is 18.0 Å². The molecule has 0 radical (unpaired) electrons. The van der Waals surface area contributed by atoms with E-state index in [1.165, 1.54) is 23.1 Å². The molecule has 7 nitrogen and oxygen atoms in total. The minimum atomic E-state index is -3.87. The lowest BCUT2D eigenvalue weighted by atomic mass is 10.1. The second-order valence-electron chi connectivity index (χ2n) is 8.01. The summed E-state index contributed by atoms with van der Waals surface area (Å²) in [6.45, 7) is 3.90. The molecule has 0 aliphatic carbocycles. The number of carbonyl (C=O) groups excluding carboxylic acids is 2. The third-order valence-electron chi connectivity index (χ3n) is 5.34. The summed E-state index contributed by atoms with van der Waals surface area (Å²) in [5.74, 6) is -0.808. The molecule has 1 atom stereocenters. The van der Waals surface area contributed by atoms with Crippen molar-refractivity contribution in [1.82, 2.24) is 10.2 Å². The van der Waals surface area contributed by atoms with Crippen LogP contribution in [0.25, 0.3) is 0 Å². The van der Waals surface area contributed by atoms with Gasteiger partial charge in [-0.25, -0.2) is 8.42 Å². The predicted octanol–water partition coefficient (Wildman–Crippen LogP) is 4.14. The normalized spacial score (nSPS) is 12.1. The molecule has 34 heavy (non-hydrogen) atoms. The van der Waals surface area contributed by atoms with Crippen molar-refractivity contribution in [3.8, 4) is 0 Å². The van der Waals surface area contributed by atoms with Crippen molar-refractivity contribution in [3.05, 3.63) is 64.1 Å². The molecule has 0 bridgehead atoms. The van der Waals surface area contributed by atoms with E-state index in [1.807, 2.05) is 37.3 Å². The fourth-order valence-electron chi connectivity index (χ4n) is 3.38. The molecule has 186 valence electrons. The Bertz CT molecular complexity index is 1080. The van der Waals surface area contributed by atoms with Gasteiger partial charge in [0.1, 0.15) is 12.6 Å². The highest BCUT2D eigenvalue weighted by molar-refractivity contribution is 7.92. The Morgan fingerprint density at radius 3 is 2.38 bits per heavy atom. The zero-order valence-corrected chi connectivity index (χ0v) is 22.0. The minimum absolute atomic E-state index is 0.105. The molecule has 2 rings (SSSR count). The smallest absolute Gasteiger partial charge is 0.244 e. The number of amides is 2. The van der Waals surface area contributed by atoms with Crippen molar-refractivity contribution in [1.29, 1.82) is 0 Å². The van der Waals surface area contributed by atoms with Gasteiger partial charge in [0, 0.05) is 18.1 Å². The minimum Gasteiger partial charge on any atom is -0.354 e. The molecular formula is C24H31Cl2N3O4S. The molecule has 0 heterocycles. The Morgan fingerprint density at radius 1 is 1.09 bits per heavy atom. The first-order valence-corrected chi connectivity index (χ1v) is 13.7. The molecule has 2 aromatic carbocycles. The van der Waals surface area contributed by atoms with Crippen LogP contribution in [0.4, 0.5) is 5.69 Å². The van der Waals surface area contributed by atoms with Crippen LogP contribution in [0.15, 0.2) is 48.5 Å². The fourth-order valence-corrected chi connectivity index (χ4v) is 4.67. The number of rotatable bonds is 12. The van der Waals surface area contributed by atoms with Crippen molar-refractivity contribution in [2.24, 2.45) is 0 Å². The number of benzene rings is 2. The van der Waals surface area contributed by atoms with Crippen LogP contribution in [-0.4, -0.2) is 57.1 Å². The van der Waals surface area contributed by atoms with Crippen molar-refractivity contribution in [2.45, 2.75) is 39.2 Å². The SMILES string of the molecule is CCCCNC(=O)[C@@H](C)N(CCc1ccccc1)C(=O)CN(c1cc(Cl)ccc1Cl)S(C)(=O)=O. The Hall–Kier alpha value is -2.29. The summed E-state index contributed by atoms with van der Waals surface area (Å²) >= 11 is 12.3. The van der Waals surface area contributed by atoms with Crippen LogP contribution in [0, 0.1) is 0 Å². The second kappa shape index (κ2) is 13.0. The second-order valence-corrected chi connectivity index (χ2v) is 10.8. The molecule has 0 unspecified atom stereocenters. The van der Waals surface area contributed by atoms with E-state index in [-0.39, 0.29) is 28.2 Å². The van der Waals surface area contributed by atoms with E-state index in [4.69, 9.17) is 23.2 Å². The molecule has 1 N–H and O–H groups in total. The van der Waals surface area contributed by atoms with E-state index in [1.54, 1.807) is 6.92 Å². The van der Waals surface area contributed by atoms with Crippen LogP contribution in [0.3, 0.4) is 0 Å². The van der Waals surface area contributed by atoms with Crippen molar-refractivity contribution in [3.63, 3.8) is 0 Å². The number of nitrogens with one attached hydrogen (secondary N) is 1. The highest BCUT2D eigenvalue weighted by Gasteiger charge is 2.30. The zero-order valence-electron chi connectivity index (χ0n) is 19.6. The molecule has 0 saturated heterocycles. The number of sulfonamides is 1. The molecule has 0 saturated carbocycles. The lowest BCUT2D eigenvalue weighted by Crippen LogP contribution is -2.52. The van der Waals surface area contributed by atoms with Crippen molar-refractivity contribution in [2.75, 3.05) is 30.2 Å². The van der Waals surface area contributed by atoms with Gasteiger partial charge in [-0.3, -0.25) is 13.9 Å². The van der Waals surface area contributed by atoms with Crippen molar-refractivity contribution < 1.29 is 18.0 Å². The first-order valence-electron chi connectivity index (χ1n) is 11.1. The van der Waals surface area contributed by atoms with Gasteiger partial charge < -0.3 is 10.2 Å². The summed E-state index contributed by atoms with van der Waals surface area (Å²) in [5.41, 5.74) is 1.10. The maximum Gasteiger partial charge on any atom is 0.244 e. The molecule has 0 aliphatic heterocycles. The maximum absolute atomic E-state index is 13.4. The maximum atomic E-state index is 13.4. The molecule has 0 aromatic heterocycles. The van der Waals surface area contributed by atoms with Crippen LogP contribution >= 0.6 is 23.2 Å². The Balaban J connectivity index is 2.31. The Kier molecular flexibility index (Phi) is 10.7. The Labute approximate surface area is 212 Å². The highest BCUT2D eigenvalue weighted by atomic mass is 35.5. The summed E-state index contributed by atoms with van der Waals surface area (Å²) in [6, 6.07) is 13.2. The van der Waals surface area contributed by atoms with E-state index in [0.29, 0.717) is 13.0 Å². The molecule has 0 fully saturated rings. The number of hydrogen-bond donors (Lipinski definition) is 1. The van der Waals surface area contributed by atoms with Gasteiger partial charge in [0.25, 0.3) is 0 Å². The van der Waals surface area contributed by atoms with E-state index in [0.717, 1.165) is 29.0 Å². The summed E-state index contributed by atoms with van der Waals surface area (Å²) in [6.07, 6.45) is 3.25. The topological polar surface area (TPSA) is 86.8 Å². The number of nitrogens with zero attached hydrogens (tertiary/aromatic N) is 2. The number of hydrogen-bond acceptors (Lipinski definition) is 4. The van der Waals surface area contributed by atoms with Crippen LogP contribution in [0.1, 0.15) is 32.3 Å². The number of unbranched alkanes of at least 4 members (excludes halogenated alkanes) is 1. The third-order valence-corrected chi connectivity index (χ3v) is 7.02. The van der Waals surface area contributed by atoms with Crippen LogP contribution in [0.2, 0.25) is 10.0 Å². The van der Waals surface area contributed by atoms with Gasteiger partial charge >= 0.3 is 0 Å². The van der Waals surface area contributed by atoms with Crippen LogP contribution in [0.5, 0.6) is 0 Å². The van der Waals surface area contributed by atoms with E-state index in [2.05, 4.69) is 5.32 Å². The predicted molar refractivity (Wildman–Crippen MR) is 138 cm³/mol. The third kappa shape index (κ3) is 8.18. The first kappa shape index (κ1) is 28.0. The number of anilines is 1. The molecule has 2 amide bonds. The first-order chi connectivity index (χ1) is 16.0. The van der Waals surface area contributed by atoms with Crippen molar-refractivity contribution >= 4 is 50.7 Å². The molecule has 0 aliphatic rings. The number of carbonyl (C=O) groups is 2. The summed E-state index contributed by atoms with van der Waals surface area (Å²) in [4.78, 5) is 27.6. The highest BCUT2D eigenvalue weighted by Crippen LogP contribution is 2.30. The molecule has 0 spiro atoms. The largest absolute Gasteiger partial charge is 0.354 e. The summed E-state index contributed by atoms with van der Waals surface area (Å²) in [7, 11) is -3.87. The fraction of sp³-hybridized carbons (Fsp3) is 0.417. The molecule has 10 heteroatoms. The van der Waals surface area contributed by atoms with Crippen LogP contribution in [-0.2, 0) is 26.0 Å². The lowest BCUT2D eigenvalue weighted by Gasteiger charge is -2.31. The average Bonchev–Trinajstić information content (AvgIpc) is 2.79. The number of halogens is 2. The van der Waals surface area contributed by atoms with Gasteiger partial charge in [0.2, 0.25) is 21.8 Å². The zero-order chi connectivity index (χ0) is 25.3. The van der Waals surface area contributed by atoms with Gasteiger partial charge in [0.15, 0.2) is 0 Å². The van der Waals surface area contributed by atoms with Gasteiger partial charge in [-0.2, -0.15) is 0 Å². The molecular weight excluding hydrogens is 497 g/mol. The quantitative estimate of drug-likeness (QED) is 0.420. The van der Waals surface area contributed by atoms with Crippen LogP contribution < -0.4 is 9.62 Å². The van der Waals surface area contributed by atoms with Gasteiger partial charge in [0.05, 0.1) is 17.0 Å². The van der Waals surface area contributed by atoms with E-state index >= 15 is 0 Å². The van der Waals surface area contributed by atoms with Gasteiger partial charge in [-0.15, -0.1) is 0 Å². The summed E-state index contributed by atoms with van der Waals surface area (Å²) in [5, 5.41) is 3.27. The lowest BCUT2D eigenvalue weighted by molar-refractivity contribution is -0.138. The summed E-state index contributed by atoms with van der Waals surface area (Å²) < 4.78 is 26.1. The monoisotopic (exact) mass is 527 g/mol. The van der Waals surface area contributed by atoms with Gasteiger partial charge in [-0.1, -0.05) is 66.9 Å². The van der Waals surface area contributed by atoms with Gasteiger partial charge in [-0.05, 0) is 43.5 Å². The average molecular weight is 529 g/mol. The standard InChI is InChI=1S/C24H31Cl2N3O4S/c1-4-5-14-27-24(31)18(2)28(15-13-19-9-7-6-8-10-19)23(30)17-29(34(3,32)33)22-16-20(25)11-12-21(22)26/h6-12,16,18H,4-5,13-15,17H2,1-3H3,(H,27,31)/t18-/m1/s1.